The molecule has 1 amide bonds. The number of carbonyl (C=O) groups is 3. The second-order valence-corrected chi connectivity index (χ2v) is 5.04. The van der Waals surface area contributed by atoms with E-state index in [1.165, 1.54) is 0 Å². The maximum Gasteiger partial charge on any atom is 0.321 e. The van der Waals surface area contributed by atoms with Crippen molar-refractivity contribution >= 4 is 17.7 Å². The molecule has 0 bridgehead atoms. The van der Waals surface area contributed by atoms with E-state index in [1.54, 1.807) is 0 Å². The number of carboxylic acid groups (broad SMARTS) is 1. The first-order valence-corrected chi connectivity index (χ1v) is 6.97. The van der Waals surface area contributed by atoms with E-state index >= 15 is 0 Å². The van der Waals surface area contributed by atoms with Crippen LogP contribution in [0.3, 0.4) is 0 Å². The van der Waals surface area contributed by atoms with Crippen LogP contribution in [0.25, 0.3) is 0 Å². The third-order valence-electron chi connectivity index (χ3n) is 3.22. The summed E-state index contributed by atoms with van der Waals surface area (Å²) in [6, 6.07) is 7.41. The molecule has 6 N–H and O–H groups in total. The average molecular weight is 307 g/mol. The monoisotopic (exact) mass is 307 g/mol. The predicted octanol–water partition coefficient (Wildman–Crippen LogP) is -0.566. The molecule has 2 atom stereocenters. The van der Waals surface area contributed by atoms with Gasteiger partial charge in [-0.3, -0.25) is 19.7 Å². The first-order valence-electron chi connectivity index (χ1n) is 6.97. The fraction of sp³-hybridized carbons (Fsp3) is 0.400. The Morgan fingerprint density at radius 2 is 1.82 bits per heavy atom. The fourth-order valence-corrected chi connectivity index (χ4v) is 1.91. The van der Waals surface area contributed by atoms with E-state index in [9.17, 15) is 19.5 Å². The van der Waals surface area contributed by atoms with Crippen LogP contribution in [0.15, 0.2) is 30.3 Å². The molecule has 7 heteroatoms. The zero-order valence-electron chi connectivity index (χ0n) is 12.2. The number of aliphatic carboxylic acids is 1. The van der Waals surface area contributed by atoms with Gasteiger partial charge in [0.2, 0.25) is 5.91 Å². The molecule has 1 aromatic carbocycles. The Bertz CT molecular complexity index is 519. The smallest absolute Gasteiger partial charge is 0.321 e. The van der Waals surface area contributed by atoms with Crippen molar-refractivity contribution in [3.05, 3.63) is 35.9 Å². The van der Waals surface area contributed by atoms with Crippen molar-refractivity contribution in [1.29, 1.82) is 0 Å². The van der Waals surface area contributed by atoms with Gasteiger partial charge in [0.15, 0.2) is 5.78 Å². The number of Topliss-reactive ketones (excluding diaryl/α,β-unsaturated/α-hetero) is 1. The molecule has 0 saturated carbocycles. The van der Waals surface area contributed by atoms with Gasteiger partial charge in [0.1, 0.15) is 6.04 Å². The zero-order chi connectivity index (χ0) is 16.5. The SMILES string of the molecule is NC(=O)CC[C@H](N)C(=O)CN[C@@H](Cc1ccccc1)C(=O)O. The molecule has 0 aliphatic rings. The molecule has 1 aromatic rings. The standard InChI is InChI=1S/C15H21N3O4/c16-11(6-7-14(17)20)13(19)9-18-12(15(21)22)8-10-4-2-1-3-5-10/h1-5,11-12,18H,6-9,16H2,(H2,17,20)(H,21,22)/t11-,12-/m0/s1. The van der Waals surface area contributed by atoms with Crippen molar-refractivity contribution < 1.29 is 19.5 Å². The number of amides is 1. The van der Waals surface area contributed by atoms with Gasteiger partial charge in [-0.15, -0.1) is 0 Å². The minimum absolute atomic E-state index is 0.0271. The first-order chi connectivity index (χ1) is 10.4. The van der Waals surface area contributed by atoms with Gasteiger partial charge >= 0.3 is 5.97 Å². The van der Waals surface area contributed by atoms with E-state index in [2.05, 4.69) is 5.32 Å². The quantitative estimate of drug-likeness (QED) is 0.457. The third kappa shape index (κ3) is 6.47. The topological polar surface area (TPSA) is 136 Å². The van der Waals surface area contributed by atoms with Crippen LogP contribution in [0.4, 0.5) is 0 Å². The highest BCUT2D eigenvalue weighted by Gasteiger charge is 2.21. The Balaban J connectivity index is 2.49. The number of carboxylic acids is 1. The molecule has 0 aromatic heterocycles. The fourth-order valence-electron chi connectivity index (χ4n) is 1.91. The number of rotatable bonds is 10. The van der Waals surface area contributed by atoms with Crippen LogP contribution in [0, 0.1) is 0 Å². The molecule has 0 saturated heterocycles. The number of nitrogens with two attached hydrogens (primary N) is 2. The largest absolute Gasteiger partial charge is 0.480 e. The second-order valence-electron chi connectivity index (χ2n) is 5.04. The molecule has 0 fully saturated rings. The predicted molar refractivity (Wildman–Crippen MR) is 81.0 cm³/mol. The molecule has 7 nitrogen and oxygen atoms in total. The Labute approximate surface area is 128 Å². The number of hydrogen-bond donors (Lipinski definition) is 4. The molecular formula is C15H21N3O4. The van der Waals surface area contributed by atoms with E-state index in [0.29, 0.717) is 0 Å². The molecule has 0 spiro atoms. The molecule has 120 valence electrons. The van der Waals surface area contributed by atoms with Gasteiger partial charge in [-0.2, -0.15) is 0 Å². The lowest BCUT2D eigenvalue weighted by Gasteiger charge is -2.16. The van der Waals surface area contributed by atoms with E-state index in [1.807, 2.05) is 30.3 Å². The highest BCUT2D eigenvalue weighted by molar-refractivity contribution is 5.87. The van der Waals surface area contributed by atoms with E-state index in [0.717, 1.165) is 5.56 Å². The normalized spacial score (nSPS) is 13.3. The van der Waals surface area contributed by atoms with Crippen molar-refractivity contribution in [3.8, 4) is 0 Å². The van der Waals surface area contributed by atoms with Gasteiger partial charge < -0.3 is 16.6 Å². The number of benzene rings is 1. The van der Waals surface area contributed by atoms with Gasteiger partial charge in [0.25, 0.3) is 0 Å². The Kier molecular flexibility index (Phi) is 7.21. The summed E-state index contributed by atoms with van der Waals surface area (Å²) in [4.78, 5) is 33.7. The number of carbonyl (C=O) groups excluding carboxylic acids is 2. The van der Waals surface area contributed by atoms with Gasteiger partial charge in [-0.05, 0) is 18.4 Å². The molecule has 0 unspecified atom stereocenters. The minimum Gasteiger partial charge on any atom is -0.480 e. The summed E-state index contributed by atoms with van der Waals surface area (Å²) in [5.41, 5.74) is 11.5. The highest BCUT2D eigenvalue weighted by atomic mass is 16.4. The highest BCUT2D eigenvalue weighted by Crippen LogP contribution is 2.04. The Morgan fingerprint density at radius 3 is 2.36 bits per heavy atom. The molecule has 0 radical (unpaired) electrons. The average Bonchev–Trinajstić information content (AvgIpc) is 2.49. The van der Waals surface area contributed by atoms with Crippen molar-refractivity contribution in [2.75, 3.05) is 6.54 Å². The maximum absolute atomic E-state index is 11.8. The van der Waals surface area contributed by atoms with Gasteiger partial charge in [0.05, 0.1) is 12.6 Å². The van der Waals surface area contributed by atoms with Crippen LogP contribution in [-0.4, -0.2) is 41.4 Å². The lowest BCUT2D eigenvalue weighted by atomic mass is 10.0. The molecule has 0 aliphatic heterocycles. The Morgan fingerprint density at radius 1 is 1.18 bits per heavy atom. The van der Waals surface area contributed by atoms with E-state index in [4.69, 9.17) is 11.5 Å². The first kappa shape index (κ1) is 17.8. The second kappa shape index (κ2) is 8.91. The summed E-state index contributed by atoms with van der Waals surface area (Å²) in [5, 5.41) is 11.9. The number of hydrogen-bond acceptors (Lipinski definition) is 5. The summed E-state index contributed by atoms with van der Waals surface area (Å²) in [6.45, 7) is -0.163. The summed E-state index contributed by atoms with van der Waals surface area (Å²) < 4.78 is 0. The van der Waals surface area contributed by atoms with Crippen molar-refractivity contribution in [2.24, 2.45) is 11.5 Å². The summed E-state index contributed by atoms with van der Waals surface area (Å²) in [7, 11) is 0. The van der Waals surface area contributed by atoms with Crippen LogP contribution >= 0.6 is 0 Å². The van der Waals surface area contributed by atoms with Crippen LogP contribution in [-0.2, 0) is 20.8 Å². The number of nitrogens with one attached hydrogen (secondary N) is 1. The van der Waals surface area contributed by atoms with Crippen LogP contribution in [0.5, 0.6) is 0 Å². The molecule has 1 rings (SSSR count). The minimum atomic E-state index is -1.04. The van der Waals surface area contributed by atoms with E-state index in [-0.39, 0.29) is 31.6 Å². The van der Waals surface area contributed by atoms with Gasteiger partial charge in [-0.1, -0.05) is 30.3 Å². The number of primary amides is 1. The van der Waals surface area contributed by atoms with Crippen molar-refractivity contribution in [3.63, 3.8) is 0 Å². The van der Waals surface area contributed by atoms with Crippen molar-refractivity contribution in [2.45, 2.75) is 31.3 Å². The maximum atomic E-state index is 11.8. The van der Waals surface area contributed by atoms with E-state index < -0.39 is 24.0 Å². The van der Waals surface area contributed by atoms with Crippen LogP contribution in [0.1, 0.15) is 18.4 Å². The van der Waals surface area contributed by atoms with Crippen LogP contribution in [0.2, 0.25) is 0 Å². The summed E-state index contributed by atoms with van der Waals surface area (Å²) in [6.07, 6.45) is 0.450. The Hall–Kier alpha value is -2.25. The molecule has 22 heavy (non-hydrogen) atoms. The summed E-state index contributed by atoms with van der Waals surface area (Å²) in [5.74, 6) is -1.91. The summed E-state index contributed by atoms with van der Waals surface area (Å²) >= 11 is 0. The van der Waals surface area contributed by atoms with Gasteiger partial charge in [0, 0.05) is 6.42 Å². The van der Waals surface area contributed by atoms with Gasteiger partial charge in [-0.25, -0.2) is 0 Å². The molecular weight excluding hydrogens is 286 g/mol. The molecule has 0 heterocycles. The third-order valence-corrected chi connectivity index (χ3v) is 3.22. The van der Waals surface area contributed by atoms with Crippen molar-refractivity contribution in [1.82, 2.24) is 5.32 Å². The molecule has 0 aliphatic carbocycles. The number of ketones is 1. The zero-order valence-corrected chi connectivity index (χ0v) is 12.2. The lowest BCUT2D eigenvalue weighted by Crippen LogP contribution is -2.45. The van der Waals surface area contributed by atoms with Crippen LogP contribution < -0.4 is 16.8 Å². The lowest BCUT2D eigenvalue weighted by molar-refractivity contribution is -0.139.